The van der Waals surface area contributed by atoms with E-state index in [0.29, 0.717) is 31.2 Å². The van der Waals surface area contributed by atoms with Crippen molar-refractivity contribution in [3.8, 4) is 0 Å². The molecule has 0 unspecified atom stereocenters. The number of aryl methyl sites for hydroxylation is 2. The molecule has 0 aromatic carbocycles. The highest BCUT2D eigenvalue weighted by molar-refractivity contribution is 6.18. The van der Waals surface area contributed by atoms with E-state index in [1.165, 1.54) is 0 Å². The van der Waals surface area contributed by atoms with Crippen LogP contribution < -0.4 is 0 Å². The van der Waals surface area contributed by atoms with Crippen molar-refractivity contribution >= 4 is 17.5 Å². The lowest BCUT2D eigenvalue weighted by atomic mass is 10.3. The van der Waals surface area contributed by atoms with Gasteiger partial charge in [-0.2, -0.15) is 5.10 Å². The average Bonchev–Trinajstić information content (AvgIpc) is 2.78. The second-order valence-corrected chi connectivity index (χ2v) is 4.14. The Bertz CT molecular complexity index is 376. The fourth-order valence-corrected chi connectivity index (χ4v) is 1.93. The van der Waals surface area contributed by atoms with E-state index in [1.54, 1.807) is 9.58 Å². The van der Waals surface area contributed by atoms with Gasteiger partial charge in [0.2, 0.25) is 0 Å². The van der Waals surface area contributed by atoms with Crippen molar-refractivity contribution in [3.05, 3.63) is 17.5 Å². The van der Waals surface area contributed by atoms with Crippen molar-refractivity contribution in [2.24, 2.45) is 0 Å². The Morgan fingerprint density at radius 2 is 2.18 bits per heavy atom. The minimum absolute atomic E-state index is 0.0159. The summed E-state index contributed by atoms with van der Waals surface area (Å²) in [4.78, 5) is 14.0. The minimum atomic E-state index is 0.0159. The molecule has 0 bridgehead atoms. The molecule has 96 valence electrons. The standard InChI is InChI=1S/C12H20ClN3O/c1-4-10-9-11(16(6-3)14-10)12(17)15(5-2)8-7-13/h9H,4-8H2,1-3H3. The second kappa shape index (κ2) is 6.64. The fraction of sp³-hybridized carbons (Fsp3) is 0.667. The van der Waals surface area contributed by atoms with Crippen molar-refractivity contribution in [2.75, 3.05) is 19.0 Å². The number of carbonyl (C=O) groups is 1. The molecule has 17 heavy (non-hydrogen) atoms. The zero-order valence-corrected chi connectivity index (χ0v) is 11.5. The van der Waals surface area contributed by atoms with Crippen LogP contribution in [0.15, 0.2) is 6.07 Å². The SMILES string of the molecule is CCc1cc(C(=O)N(CC)CCCl)n(CC)n1. The molecule has 0 aliphatic carbocycles. The van der Waals surface area contributed by atoms with Gasteiger partial charge in [0.05, 0.1) is 5.69 Å². The number of halogens is 1. The van der Waals surface area contributed by atoms with Gasteiger partial charge in [0.1, 0.15) is 5.69 Å². The van der Waals surface area contributed by atoms with Gasteiger partial charge in [0.15, 0.2) is 0 Å². The van der Waals surface area contributed by atoms with Crippen LogP contribution in [-0.4, -0.2) is 39.6 Å². The van der Waals surface area contributed by atoms with Crippen LogP contribution in [-0.2, 0) is 13.0 Å². The summed E-state index contributed by atoms with van der Waals surface area (Å²) in [6.45, 7) is 7.93. The Morgan fingerprint density at radius 1 is 1.47 bits per heavy atom. The smallest absolute Gasteiger partial charge is 0.272 e. The maximum atomic E-state index is 12.3. The molecule has 4 nitrogen and oxygen atoms in total. The van der Waals surface area contributed by atoms with E-state index in [9.17, 15) is 4.79 Å². The highest BCUT2D eigenvalue weighted by Crippen LogP contribution is 2.09. The molecule has 0 fully saturated rings. The number of hydrogen-bond acceptors (Lipinski definition) is 2. The number of aromatic nitrogens is 2. The van der Waals surface area contributed by atoms with Crippen molar-refractivity contribution in [3.63, 3.8) is 0 Å². The maximum Gasteiger partial charge on any atom is 0.272 e. The van der Waals surface area contributed by atoms with Crippen LogP contribution in [0, 0.1) is 0 Å². The first-order valence-corrected chi connectivity index (χ1v) is 6.63. The zero-order valence-electron chi connectivity index (χ0n) is 10.7. The van der Waals surface area contributed by atoms with Gasteiger partial charge in [0.25, 0.3) is 5.91 Å². The van der Waals surface area contributed by atoms with Gasteiger partial charge in [-0.05, 0) is 26.3 Å². The van der Waals surface area contributed by atoms with Crippen molar-refractivity contribution in [2.45, 2.75) is 33.7 Å². The molecule has 0 atom stereocenters. The van der Waals surface area contributed by atoms with Gasteiger partial charge in [-0.15, -0.1) is 11.6 Å². The third-order valence-corrected chi connectivity index (χ3v) is 2.90. The van der Waals surface area contributed by atoms with Crippen LogP contribution >= 0.6 is 11.6 Å². The fourth-order valence-electron chi connectivity index (χ4n) is 1.72. The molecule has 1 aromatic rings. The predicted molar refractivity (Wildman–Crippen MR) is 69.6 cm³/mol. The van der Waals surface area contributed by atoms with Crippen molar-refractivity contribution in [1.82, 2.24) is 14.7 Å². The van der Waals surface area contributed by atoms with E-state index >= 15 is 0 Å². The van der Waals surface area contributed by atoms with Crippen molar-refractivity contribution in [1.29, 1.82) is 0 Å². The van der Waals surface area contributed by atoms with E-state index in [0.717, 1.165) is 12.1 Å². The summed E-state index contributed by atoms with van der Waals surface area (Å²) >= 11 is 5.70. The highest BCUT2D eigenvalue weighted by atomic mass is 35.5. The molecule has 0 saturated heterocycles. The van der Waals surface area contributed by atoms with Gasteiger partial charge in [0, 0.05) is 25.5 Å². The molecule has 0 saturated carbocycles. The molecular formula is C12H20ClN3O. The monoisotopic (exact) mass is 257 g/mol. The summed E-state index contributed by atoms with van der Waals surface area (Å²) in [6, 6.07) is 1.88. The van der Waals surface area contributed by atoms with E-state index in [1.807, 2.05) is 26.8 Å². The average molecular weight is 258 g/mol. The summed E-state index contributed by atoms with van der Waals surface area (Å²) in [5.74, 6) is 0.475. The number of carbonyl (C=O) groups excluding carboxylic acids is 1. The van der Waals surface area contributed by atoms with E-state index in [-0.39, 0.29) is 5.91 Å². The summed E-state index contributed by atoms with van der Waals surface area (Å²) in [6.07, 6.45) is 0.842. The Balaban J connectivity index is 2.96. The summed E-state index contributed by atoms with van der Waals surface area (Å²) in [7, 11) is 0. The summed E-state index contributed by atoms with van der Waals surface area (Å²) < 4.78 is 1.76. The summed E-state index contributed by atoms with van der Waals surface area (Å²) in [5, 5.41) is 4.38. The molecule has 1 heterocycles. The predicted octanol–water partition coefficient (Wildman–Crippen LogP) is 2.17. The van der Waals surface area contributed by atoms with E-state index in [4.69, 9.17) is 11.6 Å². The summed E-state index contributed by atoms with van der Waals surface area (Å²) in [5.41, 5.74) is 1.62. The lowest BCUT2D eigenvalue weighted by Crippen LogP contribution is -2.34. The Kier molecular flexibility index (Phi) is 5.48. The number of nitrogens with zero attached hydrogens (tertiary/aromatic N) is 3. The van der Waals surface area contributed by atoms with Crippen LogP contribution in [0.4, 0.5) is 0 Å². The maximum absolute atomic E-state index is 12.3. The van der Waals surface area contributed by atoms with Crippen molar-refractivity contribution < 1.29 is 4.79 Å². The molecule has 1 aromatic heterocycles. The van der Waals surface area contributed by atoms with Gasteiger partial charge in [-0.25, -0.2) is 0 Å². The van der Waals surface area contributed by atoms with Crippen LogP contribution in [0.3, 0.4) is 0 Å². The molecule has 1 rings (SSSR count). The van der Waals surface area contributed by atoms with Gasteiger partial charge in [-0.1, -0.05) is 6.92 Å². The van der Waals surface area contributed by atoms with Crippen LogP contribution in [0.1, 0.15) is 37.0 Å². The van der Waals surface area contributed by atoms with Crippen LogP contribution in [0.25, 0.3) is 0 Å². The first-order valence-electron chi connectivity index (χ1n) is 6.09. The van der Waals surface area contributed by atoms with Gasteiger partial charge >= 0.3 is 0 Å². The molecule has 1 amide bonds. The van der Waals surface area contributed by atoms with Gasteiger partial charge < -0.3 is 4.90 Å². The third kappa shape index (κ3) is 3.22. The zero-order chi connectivity index (χ0) is 12.8. The second-order valence-electron chi connectivity index (χ2n) is 3.76. The largest absolute Gasteiger partial charge is 0.336 e. The molecule has 0 aliphatic rings. The molecular weight excluding hydrogens is 238 g/mol. The molecule has 0 N–H and O–H groups in total. The highest BCUT2D eigenvalue weighted by Gasteiger charge is 2.18. The van der Waals surface area contributed by atoms with E-state index < -0.39 is 0 Å². The minimum Gasteiger partial charge on any atom is -0.336 e. The molecule has 5 heteroatoms. The quantitative estimate of drug-likeness (QED) is 0.733. The topological polar surface area (TPSA) is 38.1 Å². The lowest BCUT2D eigenvalue weighted by Gasteiger charge is -2.19. The Hall–Kier alpha value is -1.03. The van der Waals surface area contributed by atoms with E-state index in [2.05, 4.69) is 5.10 Å². The Morgan fingerprint density at radius 3 is 2.65 bits per heavy atom. The molecule has 0 aliphatic heterocycles. The Labute approximate surface area is 108 Å². The van der Waals surface area contributed by atoms with Gasteiger partial charge in [-0.3, -0.25) is 9.48 Å². The number of amides is 1. The number of rotatable bonds is 6. The number of alkyl halides is 1. The first kappa shape index (κ1) is 14.0. The third-order valence-electron chi connectivity index (χ3n) is 2.73. The van der Waals surface area contributed by atoms with Crippen LogP contribution in [0.5, 0.6) is 0 Å². The molecule has 0 radical (unpaired) electrons. The lowest BCUT2D eigenvalue weighted by molar-refractivity contribution is 0.0761. The number of hydrogen-bond donors (Lipinski definition) is 0. The molecule has 0 spiro atoms. The normalized spacial score (nSPS) is 10.6. The van der Waals surface area contributed by atoms with Crippen LogP contribution in [0.2, 0.25) is 0 Å². The first-order chi connectivity index (χ1) is 8.17.